The molecule has 0 radical (unpaired) electrons. The summed E-state index contributed by atoms with van der Waals surface area (Å²) in [5, 5.41) is 8.56. The number of ether oxygens (including phenoxy) is 1. The number of benzene rings is 1. The van der Waals surface area contributed by atoms with Crippen molar-refractivity contribution in [2.75, 3.05) is 13.7 Å². The number of aromatic nitrogens is 2. The highest BCUT2D eigenvalue weighted by atomic mass is 32.1. The number of fused-ring (bicyclic) bond motifs is 1. The highest BCUT2D eigenvalue weighted by Crippen LogP contribution is 2.24. The zero-order chi connectivity index (χ0) is 20.8. The molecule has 0 bridgehead atoms. The highest BCUT2D eigenvalue weighted by Gasteiger charge is 2.20. The molecule has 0 amide bonds. The molecule has 0 fully saturated rings. The van der Waals surface area contributed by atoms with Crippen LogP contribution in [0.1, 0.15) is 45.8 Å². The second-order valence-corrected chi connectivity index (χ2v) is 7.50. The van der Waals surface area contributed by atoms with E-state index in [-0.39, 0.29) is 12.0 Å². The summed E-state index contributed by atoms with van der Waals surface area (Å²) in [6.45, 7) is 6.53. The van der Waals surface area contributed by atoms with Crippen LogP contribution in [0.5, 0.6) is 0 Å². The van der Waals surface area contributed by atoms with Gasteiger partial charge in [0.05, 0.1) is 23.9 Å². The molecule has 152 valence electrons. The molecular formula is C21H25N5O2S. The summed E-state index contributed by atoms with van der Waals surface area (Å²) in [6.07, 6.45) is 1.80. The SMILES string of the molecule is CCOC(=O)c1sc(C(C)NC(=NC)NCc2cccc3cccnc23)nc1C. The van der Waals surface area contributed by atoms with Crippen LogP contribution in [0.2, 0.25) is 0 Å². The second kappa shape index (κ2) is 9.47. The molecule has 0 saturated carbocycles. The summed E-state index contributed by atoms with van der Waals surface area (Å²) >= 11 is 1.34. The van der Waals surface area contributed by atoms with Gasteiger partial charge in [-0.3, -0.25) is 9.98 Å². The maximum absolute atomic E-state index is 12.0. The summed E-state index contributed by atoms with van der Waals surface area (Å²) in [5.41, 5.74) is 2.75. The van der Waals surface area contributed by atoms with Crippen molar-refractivity contribution in [1.82, 2.24) is 20.6 Å². The minimum atomic E-state index is -0.327. The van der Waals surface area contributed by atoms with Gasteiger partial charge in [0.15, 0.2) is 5.96 Å². The minimum Gasteiger partial charge on any atom is -0.462 e. The molecule has 3 aromatic rings. The fraction of sp³-hybridized carbons (Fsp3) is 0.333. The fourth-order valence-corrected chi connectivity index (χ4v) is 3.90. The number of hydrogen-bond donors (Lipinski definition) is 2. The largest absolute Gasteiger partial charge is 0.462 e. The van der Waals surface area contributed by atoms with Crippen LogP contribution >= 0.6 is 11.3 Å². The van der Waals surface area contributed by atoms with Crippen LogP contribution in [0.25, 0.3) is 10.9 Å². The van der Waals surface area contributed by atoms with Crippen molar-refractivity contribution < 1.29 is 9.53 Å². The van der Waals surface area contributed by atoms with E-state index in [2.05, 4.69) is 31.7 Å². The van der Waals surface area contributed by atoms with E-state index in [0.29, 0.717) is 29.7 Å². The van der Waals surface area contributed by atoms with Gasteiger partial charge in [0.2, 0.25) is 0 Å². The Hall–Kier alpha value is -3.00. The maximum atomic E-state index is 12.0. The average molecular weight is 412 g/mol. The van der Waals surface area contributed by atoms with Crippen molar-refractivity contribution >= 4 is 34.2 Å². The fourth-order valence-electron chi connectivity index (χ4n) is 2.94. The number of carbonyl (C=O) groups is 1. The van der Waals surface area contributed by atoms with Crippen molar-refractivity contribution in [1.29, 1.82) is 0 Å². The molecule has 8 heteroatoms. The van der Waals surface area contributed by atoms with Crippen LogP contribution in [-0.2, 0) is 11.3 Å². The number of thiazole rings is 1. The molecule has 0 spiro atoms. The van der Waals surface area contributed by atoms with Crippen LogP contribution in [0.3, 0.4) is 0 Å². The van der Waals surface area contributed by atoms with E-state index in [0.717, 1.165) is 21.5 Å². The number of carbonyl (C=O) groups excluding carboxylic acids is 1. The zero-order valence-corrected chi connectivity index (χ0v) is 17.8. The first-order chi connectivity index (χ1) is 14.0. The van der Waals surface area contributed by atoms with E-state index < -0.39 is 0 Å². The van der Waals surface area contributed by atoms with E-state index in [1.54, 1.807) is 20.2 Å². The number of aryl methyl sites for hydroxylation is 1. The lowest BCUT2D eigenvalue weighted by Crippen LogP contribution is -2.38. The molecule has 1 aromatic carbocycles. The van der Waals surface area contributed by atoms with Gasteiger partial charge >= 0.3 is 5.97 Å². The van der Waals surface area contributed by atoms with E-state index >= 15 is 0 Å². The zero-order valence-electron chi connectivity index (χ0n) is 17.0. The second-order valence-electron chi connectivity index (χ2n) is 6.47. The van der Waals surface area contributed by atoms with Gasteiger partial charge in [-0.15, -0.1) is 11.3 Å². The Morgan fingerprint density at radius 3 is 2.86 bits per heavy atom. The first kappa shape index (κ1) is 20.7. The van der Waals surface area contributed by atoms with Crippen LogP contribution in [-0.4, -0.2) is 35.6 Å². The summed E-state index contributed by atoms with van der Waals surface area (Å²) < 4.78 is 5.10. The molecule has 0 aliphatic carbocycles. The number of nitrogens with one attached hydrogen (secondary N) is 2. The van der Waals surface area contributed by atoms with E-state index in [1.165, 1.54) is 11.3 Å². The van der Waals surface area contributed by atoms with Crippen molar-refractivity contribution in [2.45, 2.75) is 33.4 Å². The highest BCUT2D eigenvalue weighted by molar-refractivity contribution is 7.13. The third-order valence-electron chi connectivity index (χ3n) is 4.38. The van der Waals surface area contributed by atoms with E-state index in [9.17, 15) is 4.79 Å². The third kappa shape index (κ3) is 4.89. The lowest BCUT2D eigenvalue weighted by molar-refractivity contribution is 0.0531. The normalized spacial score (nSPS) is 12.6. The number of aliphatic imine (C=N–C) groups is 1. The number of pyridine rings is 1. The standard InChI is InChI=1S/C21H25N5O2S/c1-5-28-20(27)18-13(2)25-19(29-18)14(3)26-21(22-4)24-12-16-9-6-8-15-10-7-11-23-17(15)16/h6-11,14H,5,12H2,1-4H3,(H2,22,24,26). The van der Waals surface area contributed by atoms with Gasteiger partial charge in [0.1, 0.15) is 9.88 Å². The van der Waals surface area contributed by atoms with Crippen molar-refractivity contribution in [3.63, 3.8) is 0 Å². The molecule has 2 N–H and O–H groups in total. The first-order valence-corrected chi connectivity index (χ1v) is 10.3. The Morgan fingerprint density at radius 2 is 2.10 bits per heavy atom. The van der Waals surface area contributed by atoms with Crippen molar-refractivity contribution in [3.05, 3.63) is 57.7 Å². The molecule has 2 heterocycles. The molecule has 2 aromatic heterocycles. The molecule has 0 saturated heterocycles. The number of hydrogen-bond acceptors (Lipinski definition) is 6. The minimum absolute atomic E-state index is 0.112. The first-order valence-electron chi connectivity index (χ1n) is 9.47. The van der Waals surface area contributed by atoms with Crippen LogP contribution in [0.15, 0.2) is 41.5 Å². The molecular weight excluding hydrogens is 386 g/mol. The molecule has 1 unspecified atom stereocenters. The summed E-state index contributed by atoms with van der Waals surface area (Å²) in [4.78, 5) is 25.9. The van der Waals surface area contributed by atoms with Gasteiger partial charge in [-0.25, -0.2) is 9.78 Å². The molecule has 0 aliphatic heterocycles. The topological polar surface area (TPSA) is 88.5 Å². The summed E-state index contributed by atoms with van der Waals surface area (Å²) in [6, 6.07) is 9.99. The third-order valence-corrected chi connectivity index (χ3v) is 5.70. The van der Waals surface area contributed by atoms with Gasteiger partial charge in [-0.1, -0.05) is 24.3 Å². The van der Waals surface area contributed by atoms with E-state index in [4.69, 9.17) is 4.74 Å². The molecule has 0 aliphatic rings. The quantitative estimate of drug-likeness (QED) is 0.366. The average Bonchev–Trinajstić information content (AvgIpc) is 3.13. The molecule has 29 heavy (non-hydrogen) atoms. The van der Waals surface area contributed by atoms with Gasteiger partial charge in [0.25, 0.3) is 0 Å². The number of para-hydroxylation sites is 1. The van der Waals surface area contributed by atoms with Crippen LogP contribution in [0, 0.1) is 6.92 Å². The van der Waals surface area contributed by atoms with Crippen LogP contribution < -0.4 is 10.6 Å². The van der Waals surface area contributed by atoms with E-state index in [1.807, 2.05) is 38.1 Å². The number of guanidine groups is 1. The lowest BCUT2D eigenvalue weighted by Gasteiger charge is -2.16. The predicted molar refractivity (Wildman–Crippen MR) is 116 cm³/mol. The Labute approximate surface area is 174 Å². The van der Waals surface area contributed by atoms with Crippen molar-refractivity contribution in [3.8, 4) is 0 Å². The van der Waals surface area contributed by atoms with Gasteiger partial charge in [-0.2, -0.15) is 0 Å². The number of rotatable bonds is 6. The Balaban J connectivity index is 1.67. The Morgan fingerprint density at radius 1 is 1.31 bits per heavy atom. The smallest absolute Gasteiger partial charge is 0.350 e. The molecule has 7 nitrogen and oxygen atoms in total. The Kier molecular flexibility index (Phi) is 6.77. The predicted octanol–water partition coefficient (Wildman–Crippen LogP) is 3.60. The van der Waals surface area contributed by atoms with Crippen molar-refractivity contribution in [2.24, 2.45) is 4.99 Å². The van der Waals surface area contributed by atoms with Gasteiger partial charge < -0.3 is 15.4 Å². The molecule has 1 atom stereocenters. The lowest BCUT2D eigenvalue weighted by atomic mass is 10.1. The molecule has 3 rings (SSSR count). The van der Waals surface area contributed by atoms with Crippen LogP contribution in [0.4, 0.5) is 0 Å². The summed E-state index contributed by atoms with van der Waals surface area (Å²) in [5.74, 6) is 0.322. The van der Waals surface area contributed by atoms with Gasteiger partial charge in [-0.05, 0) is 32.4 Å². The number of nitrogens with zero attached hydrogens (tertiary/aromatic N) is 3. The maximum Gasteiger partial charge on any atom is 0.350 e. The van der Waals surface area contributed by atoms with Gasteiger partial charge in [0, 0.05) is 25.2 Å². The number of esters is 1. The summed E-state index contributed by atoms with van der Waals surface area (Å²) in [7, 11) is 1.72. The Bertz CT molecular complexity index is 1030. The monoisotopic (exact) mass is 411 g/mol.